The molecule has 0 spiro atoms. The van der Waals surface area contributed by atoms with Gasteiger partial charge >= 0.3 is 7.12 Å². The summed E-state index contributed by atoms with van der Waals surface area (Å²) in [4.78, 5) is 0. The summed E-state index contributed by atoms with van der Waals surface area (Å²) in [6.45, 7) is 8.83. The van der Waals surface area contributed by atoms with Crippen LogP contribution in [0.25, 0.3) is 0 Å². The zero-order valence-electron chi connectivity index (χ0n) is 15.3. The first kappa shape index (κ1) is 18.9. The van der Waals surface area contributed by atoms with E-state index in [0.29, 0.717) is 11.8 Å². The van der Waals surface area contributed by atoms with E-state index in [0.717, 1.165) is 5.46 Å². The van der Waals surface area contributed by atoms with Gasteiger partial charge in [0, 0.05) is 6.04 Å². The second-order valence-corrected chi connectivity index (χ2v) is 12.1. The lowest BCUT2D eigenvalue weighted by atomic mass is 9.78. The van der Waals surface area contributed by atoms with Gasteiger partial charge in [-0.05, 0) is 22.6 Å². The Balaban J connectivity index is 2.07. The van der Waals surface area contributed by atoms with Crippen LogP contribution in [0, 0.1) is 11.8 Å². The van der Waals surface area contributed by atoms with Crippen molar-refractivity contribution in [2.75, 3.05) is 0 Å². The van der Waals surface area contributed by atoms with Crippen LogP contribution in [-0.2, 0) is 21.1 Å². The molecular weight excluding hydrogens is 346 g/mol. The average molecular weight is 372 g/mol. The van der Waals surface area contributed by atoms with Crippen molar-refractivity contribution in [3.8, 4) is 0 Å². The van der Waals surface area contributed by atoms with Crippen LogP contribution < -0.4 is 10.8 Å². The Morgan fingerprint density at radius 2 is 1.24 bits per heavy atom. The predicted octanol–water partition coefficient (Wildman–Crippen LogP) is 4.20. The van der Waals surface area contributed by atoms with Crippen molar-refractivity contribution in [3.05, 3.63) is 60.7 Å². The standard InChI is InChI=1S/C20H26BO2PS/c1-15(2)19-22-21(17-11-7-5-8-12-17)23-20(16(3)4)24(19,25)18-13-9-6-10-14-18/h5-16,19-20H,1-4H3. The van der Waals surface area contributed by atoms with Gasteiger partial charge in [0.15, 0.2) is 0 Å². The number of rotatable bonds is 4. The van der Waals surface area contributed by atoms with Gasteiger partial charge in [0.2, 0.25) is 0 Å². The van der Waals surface area contributed by atoms with Crippen molar-refractivity contribution in [3.63, 3.8) is 0 Å². The molecule has 1 aliphatic rings. The summed E-state index contributed by atoms with van der Waals surface area (Å²) in [5, 5.41) is 1.22. The van der Waals surface area contributed by atoms with E-state index < -0.39 is 6.04 Å². The normalized spacial score (nSPS) is 27.0. The van der Waals surface area contributed by atoms with Crippen molar-refractivity contribution in [2.24, 2.45) is 11.8 Å². The van der Waals surface area contributed by atoms with E-state index in [4.69, 9.17) is 21.1 Å². The second kappa shape index (κ2) is 7.76. The van der Waals surface area contributed by atoms with Gasteiger partial charge in [-0.15, -0.1) is 0 Å². The third kappa shape index (κ3) is 3.64. The van der Waals surface area contributed by atoms with Crippen LogP contribution in [-0.4, -0.2) is 18.8 Å². The maximum Gasteiger partial charge on any atom is 0.494 e. The van der Waals surface area contributed by atoms with Crippen molar-refractivity contribution in [1.29, 1.82) is 0 Å². The molecule has 5 heteroatoms. The van der Waals surface area contributed by atoms with Crippen molar-refractivity contribution in [1.82, 2.24) is 0 Å². The molecule has 2 aromatic carbocycles. The van der Waals surface area contributed by atoms with Crippen LogP contribution in [0.2, 0.25) is 0 Å². The minimum absolute atomic E-state index is 0.0104. The third-order valence-corrected chi connectivity index (χ3v) is 10.6. The minimum atomic E-state index is -2.07. The molecule has 1 aliphatic heterocycles. The topological polar surface area (TPSA) is 18.5 Å². The fourth-order valence-corrected chi connectivity index (χ4v) is 9.53. The Morgan fingerprint density at radius 1 is 0.800 bits per heavy atom. The molecule has 2 aromatic rings. The van der Waals surface area contributed by atoms with Crippen LogP contribution in [0.4, 0.5) is 0 Å². The van der Waals surface area contributed by atoms with E-state index in [1.807, 2.05) is 24.3 Å². The molecule has 0 bridgehead atoms. The largest absolute Gasteiger partial charge is 0.494 e. The Morgan fingerprint density at radius 3 is 1.68 bits per heavy atom. The lowest BCUT2D eigenvalue weighted by Crippen LogP contribution is -2.52. The Kier molecular flexibility index (Phi) is 5.85. The minimum Gasteiger partial charge on any atom is -0.399 e. The highest BCUT2D eigenvalue weighted by atomic mass is 32.4. The second-order valence-electron chi connectivity index (χ2n) is 7.33. The average Bonchev–Trinajstić information content (AvgIpc) is 2.62. The highest BCUT2D eigenvalue weighted by Gasteiger charge is 2.50. The molecule has 3 rings (SSSR count). The zero-order valence-corrected chi connectivity index (χ0v) is 17.0. The van der Waals surface area contributed by atoms with Crippen molar-refractivity contribution < 1.29 is 9.31 Å². The maximum absolute atomic E-state index is 6.51. The van der Waals surface area contributed by atoms with Gasteiger partial charge in [0.25, 0.3) is 0 Å². The number of hydrogen-bond donors (Lipinski definition) is 0. The molecule has 1 heterocycles. The van der Waals surface area contributed by atoms with Crippen LogP contribution in [0.15, 0.2) is 60.7 Å². The van der Waals surface area contributed by atoms with Gasteiger partial charge in [-0.1, -0.05) is 100 Å². The summed E-state index contributed by atoms with van der Waals surface area (Å²) in [5.74, 6) is 0.692. The Labute approximate surface area is 157 Å². The van der Waals surface area contributed by atoms with E-state index >= 15 is 0 Å². The fraction of sp³-hybridized carbons (Fsp3) is 0.400. The van der Waals surface area contributed by atoms with Crippen molar-refractivity contribution in [2.45, 2.75) is 39.4 Å². The first-order valence-corrected chi connectivity index (χ1v) is 11.9. The van der Waals surface area contributed by atoms with E-state index in [-0.39, 0.29) is 18.8 Å². The van der Waals surface area contributed by atoms with Gasteiger partial charge in [-0.2, -0.15) is 0 Å². The SMILES string of the molecule is CC(C)C1OB(c2ccccc2)OC(C(C)C)P1(=S)c1ccccc1. The lowest BCUT2D eigenvalue weighted by Gasteiger charge is -2.47. The summed E-state index contributed by atoms with van der Waals surface area (Å²) in [6, 6.07) is 18.6. The van der Waals surface area contributed by atoms with Gasteiger partial charge in [0.1, 0.15) is 0 Å². The van der Waals surface area contributed by atoms with Gasteiger partial charge in [0.05, 0.1) is 11.7 Å². The molecule has 0 N–H and O–H groups in total. The van der Waals surface area contributed by atoms with Crippen LogP contribution in [0.1, 0.15) is 27.7 Å². The molecule has 132 valence electrons. The molecule has 0 radical (unpaired) electrons. The fourth-order valence-electron chi connectivity index (χ4n) is 3.53. The van der Waals surface area contributed by atoms with Crippen LogP contribution in [0.3, 0.4) is 0 Å². The highest BCUT2D eigenvalue weighted by molar-refractivity contribution is 8.18. The van der Waals surface area contributed by atoms with Crippen LogP contribution in [0.5, 0.6) is 0 Å². The van der Waals surface area contributed by atoms with E-state index in [2.05, 4.69) is 64.1 Å². The molecule has 25 heavy (non-hydrogen) atoms. The van der Waals surface area contributed by atoms with E-state index in [1.54, 1.807) is 0 Å². The maximum atomic E-state index is 6.51. The molecule has 1 saturated heterocycles. The first-order chi connectivity index (χ1) is 11.9. The summed E-state index contributed by atoms with van der Waals surface area (Å²) in [6.07, 6.45) is 0. The molecule has 0 saturated carbocycles. The number of benzene rings is 2. The molecular formula is C20H26BO2PS. The number of hydrogen-bond acceptors (Lipinski definition) is 3. The van der Waals surface area contributed by atoms with E-state index in [1.165, 1.54) is 5.30 Å². The lowest BCUT2D eigenvalue weighted by molar-refractivity contribution is 0.106. The summed E-state index contributed by atoms with van der Waals surface area (Å²) in [7, 11) is -0.346. The van der Waals surface area contributed by atoms with Gasteiger partial charge in [-0.3, -0.25) is 0 Å². The van der Waals surface area contributed by atoms with Gasteiger partial charge < -0.3 is 9.31 Å². The summed E-state index contributed by atoms with van der Waals surface area (Å²) < 4.78 is 13.0. The predicted molar refractivity (Wildman–Crippen MR) is 112 cm³/mol. The molecule has 0 amide bonds. The molecule has 0 aromatic heterocycles. The third-order valence-electron chi connectivity index (χ3n) is 4.65. The van der Waals surface area contributed by atoms with Crippen LogP contribution >= 0.6 is 6.04 Å². The Hall–Kier alpha value is -0.925. The highest BCUT2D eigenvalue weighted by Crippen LogP contribution is 2.62. The Bertz CT molecular complexity index is 714. The zero-order chi connectivity index (χ0) is 18.0. The van der Waals surface area contributed by atoms with E-state index in [9.17, 15) is 0 Å². The molecule has 2 unspecified atom stereocenters. The molecule has 1 fully saturated rings. The first-order valence-electron chi connectivity index (χ1n) is 8.95. The summed E-state index contributed by atoms with van der Waals surface area (Å²) in [5.41, 5.74) is 1.06. The molecule has 2 nitrogen and oxygen atoms in total. The van der Waals surface area contributed by atoms with Gasteiger partial charge in [-0.25, -0.2) is 0 Å². The summed E-state index contributed by atoms with van der Waals surface area (Å²) >= 11 is 6.38. The molecule has 2 atom stereocenters. The molecule has 0 aliphatic carbocycles. The quantitative estimate of drug-likeness (QED) is 0.592. The van der Waals surface area contributed by atoms with Crippen molar-refractivity contribution >= 4 is 35.7 Å². The smallest absolute Gasteiger partial charge is 0.399 e. The monoisotopic (exact) mass is 372 g/mol.